The lowest BCUT2D eigenvalue weighted by Gasteiger charge is -2.13. The number of thioether (sulfide) groups is 1. The molecule has 0 heterocycles. The van der Waals surface area contributed by atoms with Gasteiger partial charge in [0.2, 0.25) is 5.91 Å². The van der Waals surface area contributed by atoms with E-state index in [9.17, 15) is 14.9 Å². The maximum atomic E-state index is 11.6. The highest BCUT2D eigenvalue weighted by atomic mass is 32.2. The molecule has 0 fully saturated rings. The molecule has 1 aromatic carbocycles. The highest BCUT2D eigenvalue weighted by Gasteiger charge is 2.22. The first-order chi connectivity index (χ1) is 12.4. The van der Waals surface area contributed by atoms with Gasteiger partial charge in [0.25, 0.3) is 0 Å². The van der Waals surface area contributed by atoms with E-state index in [0.29, 0.717) is 41.7 Å². The summed E-state index contributed by atoms with van der Waals surface area (Å²) >= 11 is 1.24. The highest BCUT2D eigenvalue weighted by Crippen LogP contribution is 2.27. The van der Waals surface area contributed by atoms with Gasteiger partial charge in [-0.15, -0.1) is 11.8 Å². The van der Waals surface area contributed by atoms with E-state index in [4.69, 9.17) is 15.2 Å². The van der Waals surface area contributed by atoms with Gasteiger partial charge < -0.3 is 15.2 Å². The Morgan fingerprint density at radius 3 is 2.65 bits per heavy atom. The molecule has 0 aliphatic rings. The van der Waals surface area contributed by atoms with Crippen molar-refractivity contribution in [3.63, 3.8) is 0 Å². The van der Waals surface area contributed by atoms with Crippen molar-refractivity contribution >= 4 is 28.5 Å². The first-order valence-electron chi connectivity index (χ1n) is 7.97. The fraction of sp³-hybridized carbons (Fsp3) is 0.444. The highest BCUT2D eigenvalue weighted by molar-refractivity contribution is 8.13. The van der Waals surface area contributed by atoms with E-state index in [1.54, 1.807) is 25.3 Å². The van der Waals surface area contributed by atoms with Crippen LogP contribution in [-0.2, 0) is 15.3 Å². The van der Waals surface area contributed by atoms with Crippen molar-refractivity contribution in [3.8, 4) is 11.8 Å². The second-order valence-electron chi connectivity index (χ2n) is 5.40. The van der Waals surface area contributed by atoms with Crippen molar-refractivity contribution in [3.05, 3.63) is 29.3 Å². The topological polar surface area (TPSA) is 115 Å². The van der Waals surface area contributed by atoms with Crippen molar-refractivity contribution in [1.29, 1.82) is 5.26 Å². The van der Waals surface area contributed by atoms with Crippen molar-refractivity contribution < 1.29 is 19.1 Å². The van der Waals surface area contributed by atoms with E-state index < -0.39 is 11.8 Å². The van der Waals surface area contributed by atoms with Gasteiger partial charge in [0, 0.05) is 37.1 Å². The molecule has 2 N–H and O–H groups in total. The van der Waals surface area contributed by atoms with E-state index in [0.717, 1.165) is 5.56 Å². The van der Waals surface area contributed by atoms with Gasteiger partial charge in [-0.3, -0.25) is 14.6 Å². The van der Waals surface area contributed by atoms with Gasteiger partial charge in [0.1, 0.15) is 5.75 Å². The zero-order valence-electron chi connectivity index (χ0n) is 15.2. The van der Waals surface area contributed by atoms with Gasteiger partial charge in [0.15, 0.2) is 11.7 Å². The molecule has 0 saturated heterocycles. The summed E-state index contributed by atoms with van der Waals surface area (Å²) in [6.45, 7) is 2.44. The molecule has 1 amide bonds. The number of primary amides is 1. The largest absolute Gasteiger partial charge is 0.496 e. The molecule has 0 radical (unpaired) electrons. The van der Waals surface area contributed by atoms with Crippen molar-refractivity contribution in [2.45, 2.75) is 19.1 Å². The van der Waals surface area contributed by atoms with E-state index in [1.807, 2.05) is 6.07 Å². The van der Waals surface area contributed by atoms with Crippen LogP contribution in [0, 0.1) is 17.2 Å². The van der Waals surface area contributed by atoms with E-state index >= 15 is 0 Å². The summed E-state index contributed by atoms with van der Waals surface area (Å²) in [4.78, 5) is 27.5. The summed E-state index contributed by atoms with van der Waals surface area (Å²) in [5.41, 5.74) is 6.65. The third-order valence-corrected chi connectivity index (χ3v) is 4.61. The van der Waals surface area contributed by atoms with Crippen molar-refractivity contribution in [2.75, 3.05) is 27.4 Å². The lowest BCUT2D eigenvalue weighted by molar-refractivity contribution is -0.118. The predicted octanol–water partition coefficient (Wildman–Crippen LogP) is 2.19. The van der Waals surface area contributed by atoms with Crippen LogP contribution in [0.15, 0.2) is 23.2 Å². The number of carbonyl (C=O) groups excluding carboxylic acids is 2. The Kier molecular flexibility index (Phi) is 9.41. The number of methoxy groups -OCH3 is 2. The molecule has 7 nitrogen and oxygen atoms in total. The monoisotopic (exact) mass is 377 g/mol. The van der Waals surface area contributed by atoms with Crippen molar-refractivity contribution in [1.82, 2.24) is 0 Å². The normalized spacial score (nSPS) is 12.3. The van der Waals surface area contributed by atoms with Crippen LogP contribution in [0.4, 0.5) is 0 Å². The molecule has 0 bridgehead atoms. The SMILES string of the molecule is COCCCN=C(SCc1cc(C(C)=O)ccc1OC)C(C#N)C(N)=O. The second-order valence-corrected chi connectivity index (χ2v) is 6.40. The Morgan fingerprint density at radius 1 is 1.38 bits per heavy atom. The number of aliphatic imine (C=N–C) groups is 1. The van der Waals surface area contributed by atoms with Gasteiger partial charge in [-0.2, -0.15) is 5.26 Å². The third-order valence-electron chi connectivity index (χ3n) is 3.50. The van der Waals surface area contributed by atoms with Crippen LogP contribution in [-0.4, -0.2) is 44.1 Å². The van der Waals surface area contributed by atoms with Crippen LogP contribution >= 0.6 is 11.8 Å². The van der Waals surface area contributed by atoms with E-state index in [-0.39, 0.29) is 5.78 Å². The molecule has 1 rings (SSSR count). The number of ketones is 1. The van der Waals surface area contributed by atoms with Crippen molar-refractivity contribution in [2.24, 2.45) is 16.6 Å². The molecule has 0 saturated carbocycles. The molecule has 26 heavy (non-hydrogen) atoms. The Bertz CT molecular complexity index is 713. The maximum Gasteiger partial charge on any atom is 0.241 e. The first kappa shape index (κ1) is 21.7. The maximum absolute atomic E-state index is 11.6. The van der Waals surface area contributed by atoms with Gasteiger partial charge in [-0.1, -0.05) is 0 Å². The van der Waals surface area contributed by atoms with Gasteiger partial charge in [-0.05, 0) is 31.5 Å². The number of amides is 1. The van der Waals surface area contributed by atoms with Crippen LogP contribution in [0.25, 0.3) is 0 Å². The predicted molar refractivity (Wildman–Crippen MR) is 101 cm³/mol. The van der Waals surface area contributed by atoms with Crippen LogP contribution < -0.4 is 10.5 Å². The Hall–Kier alpha value is -2.37. The number of Topliss-reactive ketones (excluding diaryl/α,β-unsaturated/α-hetero) is 1. The summed E-state index contributed by atoms with van der Waals surface area (Å²) in [5.74, 6) is -0.897. The Labute approximate surface area is 157 Å². The third kappa shape index (κ3) is 6.50. The minimum Gasteiger partial charge on any atom is -0.496 e. The fourth-order valence-corrected chi connectivity index (χ4v) is 3.17. The lowest BCUT2D eigenvalue weighted by Crippen LogP contribution is -2.28. The molecule has 0 aliphatic heterocycles. The molecule has 140 valence electrons. The van der Waals surface area contributed by atoms with E-state index in [1.165, 1.54) is 25.8 Å². The molecular weight excluding hydrogens is 354 g/mol. The molecule has 1 atom stereocenters. The van der Waals surface area contributed by atoms with Gasteiger partial charge in [0.05, 0.1) is 18.2 Å². The number of carbonyl (C=O) groups is 2. The fourth-order valence-electron chi connectivity index (χ4n) is 2.12. The van der Waals surface area contributed by atoms with Gasteiger partial charge in [-0.25, -0.2) is 0 Å². The quantitative estimate of drug-likeness (QED) is 0.289. The summed E-state index contributed by atoms with van der Waals surface area (Å²) in [7, 11) is 3.13. The standard InChI is InChI=1S/C18H23N3O4S/c1-12(22)13-5-6-16(25-3)14(9-13)11-26-18(15(10-19)17(20)23)21-7-4-8-24-2/h5-6,9,15H,4,7-8,11H2,1-3H3,(H2,20,23). The average molecular weight is 377 g/mol. The van der Waals surface area contributed by atoms with Crippen LogP contribution in [0.5, 0.6) is 5.75 Å². The number of hydrogen-bond acceptors (Lipinski definition) is 7. The number of ether oxygens (including phenoxy) is 2. The molecule has 0 aliphatic carbocycles. The molecule has 1 aromatic rings. The number of benzene rings is 1. The molecule has 0 spiro atoms. The van der Waals surface area contributed by atoms with E-state index in [2.05, 4.69) is 4.99 Å². The first-order valence-corrected chi connectivity index (χ1v) is 8.96. The minimum atomic E-state index is -1.11. The molecular formula is C18H23N3O4S. The summed E-state index contributed by atoms with van der Waals surface area (Å²) < 4.78 is 10.3. The van der Waals surface area contributed by atoms with Crippen LogP contribution in [0.3, 0.4) is 0 Å². The second kappa shape index (κ2) is 11.3. The lowest BCUT2D eigenvalue weighted by atomic mass is 10.1. The summed E-state index contributed by atoms with van der Waals surface area (Å²) in [5, 5.41) is 9.60. The zero-order chi connectivity index (χ0) is 19.5. The van der Waals surface area contributed by atoms with Crippen LogP contribution in [0.2, 0.25) is 0 Å². The minimum absolute atomic E-state index is 0.0561. The molecule has 0 aromatic heterocycles. The number of nitrogens with zero attached hydrogens (tertiary/aromatic N) is 2. The number of rotatable bonds is 10. The van der Waals surface area contributed by atoms with Gasteiger partial charge >= 0.3 is 0 Å². The summed E-state index contributed by atoms with van der Waals surface area (Å²) in [6.07, 6.45) is 0.667. The smallest absolute Gasteiger partial charge is 0.241 e. The molecule has 1 unspecified atom stereocenters. The molecule has 8 heteroatoms. The summed E-state index contributed by atoms with van der Waals surface area (Å²) in [6, 6.07) is 7.04. The zero-order valence-corrected chi connectivity index (χ0v) is 16.0. The number of hydrogen-bond donors (Lipinski definition) is 1. The van der Waals surface area contributed by atoms with Crippen LogP contribution in [0.1, 0.15) is 29.3 Å². The Morgan fingerprint density at radius 2 is 2.12 bits per heavy atom. The Balaban J connectivity index is 3.01. The number of nitrogens with two attached hydrogens (primary N) is 1. The average Bonchev–Trinajstić information content (AvgIpc) is 2.62. The number of nitriles is 1.